The normalized spacial score (nSPS) is 14.8. The molecule has 0 fully saturated rings. The van der Waals surface area contributed by atoms with E-state index in [1.54, 1.807) is 36.4 Å². The van der Waals surface area contributed by atoms with Crippen molar-refractivity contribution in [2.24, 2.45) is 0 Å². The lowest BCUT2D eigenvalue weighted by Crippen LogP contribution is -2.40. The molecule has 1 amide bonds. The van der Waals surface area contributed by atoms with Crippen molar-refractivity contribution in [2.75, 3.05) is 23.1 Å². The van der Waals surface area contributed by atoms with E-state index in [4.69, 9.17) is 0 Å². The monoisotopic (exact) mass is 430 g/mol. The quantitative estimate of drug-likeness (QED) is 0.644. The number of benzene rings is 3. The largest absolute Gasteiger partial charge is 0.353 e. The van der Waals surface area contributed by atoms with Crippen LogP contribution in [0, 0.1) is 0 Å². The van der Waals surface area contributed by atoms with Gasteiger partial charge in [-0.1, -0.05) is 42.5 Å². The van der Waals surface area contributed by atoms with E-state index in [1.807, 2.05) is 12.1 Å². The molecule has 9 heteroatoms. The second-order valence-corrected chi connectivity index (χ2v) is 10.6. The highest BCUT2D eigenvalue weighted by molar-refractivity contribution is 7.93. The predicted octanol–water partition coefficient (Wildman–Crippen LogP) is 1.94. The Balaban J connectivity index is 1.47. The highest BCUT2D eigenvalue weighted by Gasteiger charge is 2.36. The van der Waals surface area contributed by atoms with Crippen LogP contribution in [-0.4, -0.2) is 41.6 Å². The Kier molecular flexibility index (Phi) is 4.79. The van der Waals surface area contributed by atoms with Gasteiger partial charge >= 0.3 is 0 Å². The fraction of sp³-hybridized carbons (Fsp3) is 0.150. The second kappa shape index (κ2) is 7.16. The number of sulfonamides is 1. The van der Waals surface area contributed by atoms with Crippen LogP contribution in [0.5, 0.6) is 0 Å². The van der Waals surface area contributed by atoms with Gasteiger partial charge in [0, 0.05) is 11.9 Å². The molecule has 150 valence electrons. The molecule has 1 aliphatic rings. The molecule has 0 aliphatic carbocycles. The molecule has 1 N–H and O–H groups in total. The average molecular weight is 431 g/mol. The Labute approximate surface area is 168 Å². The van der Waals surface area contributed by atoms with Crippen LogP contribution in [0.1, 0.15) is 0 Å². The maximum Gasteiger partial charge on any atom is 0.265 e. The van der Waals surface area contributed by atoms with Gasteiger partial charge in [0.25, 0.3) is 10.0 Å². The second-order valence-electron chi connectivity index (χ2n) is 6.62. The number of carbonyl (C=O) groups is 1. The van der Waals surface area contributed by atoms with Crippen LogP contribution in [0.3, 0.4) is 0 Å². The highest BCUT2D eigenvalue weighted by atomic mass is 32.2. The molecule has 0 bridgehead atoms. The van der Waals surface area contributed by atoms with E-state index in [0.29, 0.717) is 11.1 Å². The van der Waals surface area contributed by atoms with Crippen molar-refractivity contribution in [1.29, 1.82) is 0 Å². The van der Waals surface area contributed by atoms with Gasteiger partial charge in [0.1, 0.15) is 6.54 Å². The van der Waals surface area contributed by atoms with Crippen LogP contribution in [-0.2, 0) is 24.7 Å². The van der Waals surface area contributed by atoms with Crippen LogP contribution in [0.2, 0.25) is 0 Å². The lowest BCUT2D eigenvalue weighted by atomic mass is 10.1. The van der Waals surface area contributed by atoms with Crippen molar-refractivity contribution in [3.8, 4) is 0 Å². The van der Waals surface area contributed by atoms with Gasteiger partial charge < -0.3 is 5.32 Å². The van der Waals surface area contributed by atoms with Crippen LogP contribution in [0.25, 0.3) is 10.8 Å². The fourth-order valence-corrected chi connectivity index (χ4v) is 6.23. The lowest BCUT2D eigenvalue weighted by Gasteiger charge is -2.18. The minimum absolute atomic E-state index is 0.110. The Morgan fingerprint density at radius 1 is 0.931 bits per heavy atom. The third kappa shape index (κ3) is 3.47. The summed E-state index contributed by atoms with van der Waals surface area (Å²) in [6.07, 6.45) is 0. The molecule has 1 heterocycles. The molecule has 0 spiro atoms. The van der Waals surface area contributed by atoms with Gasteiger partial charge in [-0.2, -0.15) is 0 Å². The number of rotatable bonds is 6. The van der Waals surface area contributed by atoms with Crippen LogP contribution in [0.4, 0.5) is 5.69 Å². The van der Waals surface area contributed by atoms with E-state index >= 15 is 0 Å². The molecular weight excluding hydrogens is 412 g/mol. The molecule has 7 nitrogen and oxygen atoms in total. The number of anilines is 1. The molecule has 3 aromatic rings. The summed E-state index contributed by atoms with van der Waals surface area (Å²) < 4.78 is 51.4. The maximum atomic E-state index is 12.9. The summed E-state index contributed by atoms with van der Waals surface area (Å²) in [5.41, 5.74) is 0.449. The summed E-state index contributed by atoms with van der Waals surface area (Å²) in [5.74, 6) is -0.840. The summed E-state index contributed by atoms with van der Waals surface area (Å²) in [7, 11) is -7.36. The van der Waals surface area contributed by atoms with Crippen molar-refractivity contribution in [3.05, 3.63) is 66.7 Å². The summed E-state index contributed by atoms with van der Waals surface area (Å²) in [4.78, 5) is 12.7. The van der Waals surface area contributed by atoms with E-state index in [-0.39, 0.29) is 22.1 Å². The molecule has 0 saturated carbocycles. The van der Waals surface area contributed by atoms with E-state index in [9.17, 15) is 21.6 Å². The van der Waals surface area contributed by atoms with Crippen molar-refractivity contribution < 1.29 is 21.6 Å². The van der Waals surface area contributed by atoms with Crippen LogP contribution < -0.4 is 9.62 Å². The molecule has 3 aromatic carbocycles. The van der Waals surface area contributed by atoms with Crippen molar-refractivity contribution in [3.63, 3.8) is 0 Å². The zero-order valence-corrected chi connectivity index (χ0v) is 16.9. The molecular formula is C20H18N2O5S2. The summed E-state index contributed by atoms with van der Waals surface area (Å²) in [5, 5.41) is 3.88. The molecule has 0 aromatic heterocycles. The summed E-state index contributed by atoms with van der Waals surface area (Å²) >= 11 is 0. The predicted molar refractivity (Wildman–Crippen MR) is 110 cm³/mol. The van der Waals surface area contributed by atoms with Crippen molar-refractivity contribution in [1.82, 2.24) is 5.32 Å². The smallest absolute Gasteiger partial charge is 0.265 e. The van der Waals surface area contributed by atoms with E-state index < -0.39 is 32.3 Å². The standard InChI is InChI=1S/C20H18N2O5S2/c23-19(21-12-13-28(24,25)16-8-2-1-3-9-16)14-22-17-10-4-6-15-7-5-11-18(20(15)17)29(22,26)27/h1-11H,12-14H2,(H,21,23). The minimum Gasteiger partial charge on any atom is -0.353 e. The number of hydrogen-bond donors (Lipinski definition) is 1. The molecule has 1 aliphatic heterocycles. The zero-order valence-electron chi connectivity index (χ0n) is 15.3. The van der Waals surface area contributed by atoms with Gasteiger partial charge in [-0.05, 0) is 29.7 Å². The van der Waals surface area contributed by atoms with Gasteiger partial charge in [-0.25, -0.2) is 16.8 Å². The first kappa shape index (κ1) is 19.4. The Hall–Kier alpha value is -2.91. The number of hydrogen-bond acceptors (Lipinski definition) is 5. The topological polar surface area (TPSA) is 101 Å². The number of carbonyl (C=O) groups excluding carboxylic acids is 1. The third-order valence-corrected chi connectivity index (χ3v) is 8.30. The Bertz CT molecular complexity index is 1300. The number of nitrogens with one attached hydrogen (secondary N) is 1. The highest BCUT2D eigenvalue weighted by Crippen LogP contribution is 2.41. The molecule has 29 heavy (non-hydrogen) atoms. The Morgan fingerprint density at radius 2 is 1.62 bits per heavy atom. The molecule has 0 unspecified atom stereocenters. The first-order valence-corrected chi connectivity index (χ1v) is 12.0. The maximum absolute atomic E-state index is 12.9. The first-order chi connectivity index (χ1) is 13.8. The first-order valence-electron chi connectivity index (χ1n) is 8.90. The van der Waals surface area contributed by atoms with Crippen molar-refractivity contribution >= 4 is 42.2 Å². The summed E-state index contributed by atoms with van der Waals surface area (Å²) in [6, 6.07) is 18.2. The molecule has 4 rings (SSSR count). The van der Waals surface area contributed by atoms with Gasteiger partial charge in [0.05, 0.1) is 21.2 Å². The Morgan fingerprint density at radius 3 is 2.34 bits per heavy atom. The number of nitrogens with zero attached hydrogens (tertiary/aromatic N) is 1. The number of amides is 1. The van der Waals surface area contributed by atoms with Gasteiger partial charge in [-0.3, -0.25) is 9.10 Å². The average Bonchev–Trinajstić information content (AvgIpc) is 2.92. The lowest BCUT2D eigenvalue weighted by molar-refractivity contribution is -0.119. The SMILES string of the molecule is O=C(CN1c2cccc3cccc(c23)S1(=O)=O)NCCS(=O)(=O)c1ccccc1. The van der Waals surface area contributed by atoms with Crippen LogP contribution in [0.15, 0.2) is 76.5 Å². The summed E-state index contributed by atoms with van der Waals surface area (Å²) in [6.45, 7) is -0.525. The molecule has 0 atom stereocenters. The molecule has 0 saturated heterocycles. The van der Waals surface area contributed by atoms with Gasteiger partial charge in [0.15, 0.2) is 9.84 Å². The minimum atomic E-state index is -3.84. The molecule has 0 radical (unpaired) electrons. The van der Waals surface area contributed by atoms with E-state index in [0.717, 1.165) is 9.69 Å². The fourth-order valence-electron chi connectivity index (χ4n) is 3.39. The van der Waals surface area contributed by atoms with Gasteiger partial charge in [0.2, 0.25) is 5.91 Å². The van der Waals surface area contributed by atoms with Crippen molar-refractivity contribution in [2.45, 2.75) is 9.79 Å². The zero-order chi connectivity index (χ0) is 20.6. The van der Waals surface area contributed by atoms with Gasteiger partial charge in [-0.15, -0.1) is 0 Å². The van der Waals surface area contributed by atoms with Crippen LogP contribution >= 0.6 is 0 Å². The number of sulfone groups is 1. The van der Waals surface area contributed by atoms with E-state index in [1.165, 1.54) is 18.2 Å². The van der Waals surface area contributed by atoms with E-state index in [2.05, 4.69) is 5.32 Å². The third-order valence-electron chi connectivity index (χ3n) is 4.76.